The Morgan fingerprint density at radius 1 is 0.625 bits per heavy atom. The molecule has 0 fully saturated rings. The molecule has 0 saturated carbocycles. The second kappa shape index (κ2) is 24.6. The number of carbonyl (C=O) groups is 1. The van der Waals surface area contributed by atoms with Crippen LogP contribution >= 0.6 is 0 Å². The van der Waals surface area contributed by atoms with Gasteiger partial charge >= 0.3 is 0 Å². The summed E-state index contributed by atoms with van der Waals surface area (Å²) in [6.07, 6.45) is 4.68. The van der Waals surface area contributed by atoms with Crippen LogP contribution in [0.5, 0.6) is 40.2 Å². The second-order valence-electron chi connectivity index (χ2n) is 19.5. The van der Waals surface area contributed by atoms with Gasteiger partial charge < -0.3 is 61.6 Å². The monoisotopic (exact) mass is 1010 g/mol. The van der Waals surface area contributed by atoms with Crippen LogP contribution < -0.4 is 33.2 Å². The third-order valence-electron chi connectivity index (χ3n) is 13.4. The number of aliphatic hydroxyl groups is 1. The van der Waals surface area contributed by atoms with Gasteiger partial charge in [0.1, 0.15) is 59.6 Å². The lowest BCUT2D eigenvalue weighted by molar-refractivity contribution is -0.0277. The first kappa shape index (κ1) is 55.2. The quantitative estimate of drug-likeness (QED) is 0.0341. The molecule has 3 atom stereocenters. The Bertz CT molecular complexity index is 2600. The van der Waals surface area contributed by atoms with Crippen LogP contribution in [0, 0.1) is 12.0 Å². The minimum atomic E-state index is -1.74. The fraction of sp³-hybridized carbons (Fsp3) is 0.421. The van der Waals surface area contributed by atoms with Gasteiger partial charge in [0.2, 0.25) is 0 Å². The van der Waals surface area contributed by atoms with Crippen molar-refractivity contribution in [2.24, 2.45) is 0 Å². The van der Waals surface area contributed by atoms with E-state index < -0.39 is 24.7 Å². The van der Waals surface area contributed by atoms with Crippen molar-refractivity contribution in [3.8, 4) is 52.3 Å². The summed E-state index contributed by atoms with van der Waals surface area (Å²) >= 11 is 0. The molecule has 0 amide bonds. The third-order valence-corrected chi connectivity index (χ3v) is 18.0. The molecule has 14 nitrogen and oxygen atoms in total. The van der Waals surface area contributed by atoms with Crippen LogP contribution in [-0.2, 0) is 46.2 Å². The number of rotatable bonds is 20. The van der Waals surface area contributed by atoms with Crippen molar-refractivity contribution in [3.63, 3.8) is 0 Å². The van der Waals surface area contributed by atoms with Crippen LogP contribution in [0.4, 0.5) is 0 Å². The normalized spacial score (nSPS) is 19.1. The maximum atomic E-state index is 13.1. The Hall–Kier alpha value is -6.09. The van der Waals surface area contributed by atoms with Crippen molar-refractivity contribution in [1.82, 2.24) is 0 Å². The van der Waals surface area contributed by atoms with Gasteiger partial charge in [-0.3, -0.25) is 4.79 Å². The number of Topliss-reactive ketones (excluding diaryl/α,β-unsaturated/α-hetero) is 1. The molecule has 7 rings (SSSR count). The topological polar surface area (TPSA) is 148 Å². The Balaban J connectivity index is 0.000000274. The first-order valence-electron chi connectivity index (χ1n) is 23.8. The van der Waals surface area contributed by atoms with Gasteiger partial charge in [-0.1, -0.05) is 57.2 Å². The van der Waals surface area contributed by atoms with Gasteiger partial charge in [-0.25, -0.2) is 0 Å². The molecule has 2 heterocycles. The van der Waals surface area contributed by atoms with E-state index in [-0.39, 0.29) is 51.2 Å². The van der Waals surface area contributed by atoms with E-state index in [0.29, 0.717) is 51.4 Å². The molecule has 386 valence electrons. The van der Waals surface area contributed by atoms with Crippen LogP contribution in [0.15, 0.2) is 109 Å². The summed E-state index contributed by atoms with van der Waals surface area (Å²) in [4.78, 5) is 13.1. The summed E-state index contributed by atoms with van der Waals surface area (Å²) < 4.78 is 66.1. The van der Waals surface area contributed by atoms with Gasteiger partial charge in [-0.2, -0.15) is 0 Å². The molecule has 5 aromatic rings. The number of ether oxygens (including phenoxy) is 11. The zero-order valence-corrected chi connectivity index (χ0v) is 44.5. The lowest BCUT2D eigenvalue weighted by Crippen LogP contribution is -2.53. The van der Waals surface area contributed by atoms with Crippen molar-refractivity contribution < 1.29 is 66.4 Å². The molecule has 2 unspecified atom stereocenters. The van der Waals surface area contributed by atoms with Gasteiger partial charge in [0.15, 0.2) is 46.9 Å². The van der Waals surface area contributed by atoms with E-state index >= 15 is 0 Å². The maximum Gasteiger partial charge on any atom is 0.191 e. The van der Waals surface area contributed by atoms with Crippen molar-refractivity contribution in [2.75, 3.05) is 75.4 Å². The first-order valence-corrected chi connectivity index (χ1v) is 26.7. The zero-order chi connectivity index (χ0) is 52.0. The molecular weight excluding hydrogens is 937 g/mol. The van der Waals surface area contributed by atoms with Crippen LogP contribution in [0.2, 0.25) is 18.1 Å². The van der Waals surface area contributed by atoms with Gasteiger partial charge in [0, 0.05) is 52.7 Å². The SMILES string of the molecule is COCOc1ccc(C2(C)COc3cc(OCOC)ccc3C2(O)C#COc2ccc(CCCO[Si](C)(C)C(C)(C)C)cc2)cc1.COCOc1ccc([C@@]2(C)COc3cc(OCOC)ccc3C2=O)cc1. The molecule has 0 aliphatic carbocycles. The Morgan fingerprint density at radius 2 is 1.11 bits per heavy atom. The Labute approximate surface area is 425 Å². The third kappa shape index (κ3) is 13.1. The van der Waals surface area contributed by atoms with Gasteiger partial charge in [-0.05, 0) is 128 Å². The predicted octanol–water partition coefficient (Wildman–Crippen LogP) is 10.4. The summed E-state index contributed by atoms with van der Waals surface area (Å²) in [5, 5.41) is 12.7. The number of hydrogen-bond donors (Lipinski definition) is 1. The molecule has 0 radical (unpaired) electrons. The summed E-state index contributed by atoms with van der Waals surface area (Å²) in [5.74, 6) is 7.16. The first-order chi connectivity index (χ1) is 34.4. The lowest BCUT2D eigenvalue weighted by atomic mass is 9.65. The average Bonchev–Trinajstić information content (AvgIpc) is 3.38. The molecule has 0 spiro atoms. The van der Waals surface area contributed by atoms with Gasteiger partial charge in [0.05, 0.1) is 16.4 Å². The molecule has 72 heavy (non-hydrogen) atoms. The summed E-state index contributed by atoms with van der Waals surface area (Å²) in [5.41, 5.74) is 0.565. The Kier molecular flexibility index (Phi) is 18.8. The molecule has 1 N–H and O–H groups in total. The Morgan fingerprint density at radius 3 is 1.67 bits per heavy atom. The number of methoxy groups -OCH3 is 4. The van der Waals surface area contributed by atoms with Crippen LogP contribution in [-0.4, -0.2) is 94.6 Å². The average molecular weight is 1010 g/mol. The second-order valence-corrected chi connectivity index (χ2v) is 24.3. The number of ketones is 1. The maximum absolute atomic E-state index is 13.1. The largest absolute Gasteiger partial charge is 0.492 e. The smallest absolute Gasteiger partial charge is 0.191 e. The highest BCUT2D eigenvalue weighted by Gasteiger charge is 2.54. The van der Waals surface area contributed by atoms with Crippen molar-refractivity contribution >= 4 is 14.1 Å². The standard InChI is InChI=1S/C37H48O8Si.C20H22O6/c1-35(2,3)46(7,8)45-22-9-10-28-11-15-30(16-12-28)41-23-21-37(38)33-20-19-32(44-27-40-6)24-34(33)42-25-36(37,4)29-13-17-31(18-14-29)43-26-39-5;1-20(14-4-6-15(7-5-14)25-12-22-2)11-24-18-10-16(26-13-23-3)8-9-17(18)19(20)21/h11-20,24,38H,9-10,22,25-27H2,1-8H3;4-10H,11-13H2,1-3H3/t;20-/m.1/s1. The van der Waals surface area contributed by atoms with Crippen LogP contribution in [0.1, 0.15) is 73.7 Å². The fourth-order valence-electron chi connectivity index (χ4n) is 7.88. The number of aryl methyl sites for hydroxylation is 1. The van der Waals surface area contributed by atoms with Crippen LogP contribution in [0.25, 0.3) is 0 Å². The van der Waals surface area contributed by atoms with E-state index in [1.807, 2.05) is 86.6 Å². The van der Waals surface area contributed by atoms with E-state index in [1.54, 1.807) is 64.8 Å². The number of hydrogen-bond acceptors (Lipinski definition) is 14. The van der Waals surface area contributed by atoms with E-state index in [9.17, 15) is 9.90 Å². The van der Waals surface area contributed by atoms with E-state index in [0.717, 1.165) is 30.6 Å². The van der Waals surface area contributed by atoms with Crippen molar-refractivity contribution in [3.05, 3.63) is 137 Å². The van der Waals surface area contributed by atoms with Crippen molar-refractivity contribution in [1.29, 1.82) is 0 Å². The predicted molar refractivity (Wildman–Crippen MR) is 276 cm³/mol. The highest BCUT2D eigenvalue weighted by molar-refractivity contribution is 6.74. The number of benzene rings is 5. The lowest BCUT2D eigenvalue weighted by Gasteiger charge is -2.46. The molecule has 0 aromatic heterocycles. The molecular formula is C57H70O14Si. The molecule has 5 aromatic carbocycles. The minimum Gasteiger partial charge on any atom is -0.492 e. The minimum absolute atomic E-state index is 0.0163. The summed E-state index contributed by atoms with van der Waals surface area (Å²) in [6.45, 7) is 16.9. The van der Waals surface area contributed by atoms with Crippen LogP contribution in [0.3, 0.4) is 0 Å². The van der Waals surface area contributed by atoms with Gasteiger partial charge in [-0.15, -0.1) is 0 Å². The summed E-state index contributed by atoms with van der Waals surface area (Å²) in [7, 11) is 4.50. The fourth-order valence-corrected chi connectivity index (χ4v) is 8.97. The molecule has 0 bridgehead atoms. The van der Waals surface area contributed by atoms with E-state index in [4.69, 9.17) is 56.5 Å². The van der Waals surface area contributed by atoms with Crippen molar-refractivity contribution in [2.45, 2.75) is 82.0 Å². The molecule has 2 aliphatic heterocycles. The molecule has 2 aliphatic rings. The number of fused-ring (bicyclic) bond motifs is 2. The molecule has 0 saturated heterocycles. The summed E-state index contributed by atoms with van der Waals surface area (Å²) in [6, 6.07) is 33.2. The zero-order valence-electron chi connectivity index (χ0n) is 43.5. The highest BCUT2D eigenvalue weighted by atomic mass is 28.4. The number of carbonyl (C=O) groups excluding carboxylic acids is 1. The highest BCUT2D eigenvalue weighted by Crippen LogP contribution is 2.50. The van der Waals surface area contributed by atoms with E-state index in [1.165, 1.54) is 5.56 Å². The molecule has 15 heteroatoms. The van der Waals surface area contributed by atoms with Gasteiger partial charge in [0.25, 0.3) is 0 Å². The van der Waals surface area contributed by atoms with E-state index in [2.05, 4.69) is 45.9 Å².